The van der Waals surface area contributed by atoms with Crippen molar-refractivity contribution in [2.24, 2.45) is 4.99 Å². The number of ether oxygens (including phenoxy) is 3. The number of carbonyl (C=O) groups excluding carboxylic acids is 2. The molecule has 1 aliphatic heterocycles. The number of esters is 2. The van der Waals surface area contributed by atoms with Gasteiger partial charge in [-0.3, -0.25) is 0 Å². The average Bonchev–Trinajstić information content (AvgIpc) is 3.16. The van der Waals surface area contributed by atoms with Gasteiger partial charge < -0.3 is 14.2 Å². The van der Waals surface area contributed by atoms with Crippen LogP contribution in [0.15, 0.2) is 71.4 Å². The van der Waals surface area contributed by atoms with Crippen molar-refractivity contribution >= 4 is 47.1 Å². The number of rotatable bonds is 5. The van der Waals surface area contributed by atoms with Gasteiger partial charge in [-0.15, -0.1) is 0 Å². The van der Waals surface area contributed by atoms with Gasteiger partial charge in [-0.2, -0.15) is 0 Å². The second kappa shape index (κ2) is 9.48. The Kier molecular flexibility index (Phi) is 6.49. The Hall–Kier alpha value is -3.61. The fraction of sp³-hybridized carbons (Fsp3) is 0.0800. The van der Waals surface area contributed by atoms with Gasteiger partial charge in [-0.25, -0.2) is 14.6 Å². The van der Waals surface area contributed by atoms with Crippen molar-refractivity contribution < 1.29 is 23.8 Å². The lowest BCUT2D eigenvalue weighted by atomic mass is 10.1. The van der Waals surface area contributed by atoms with Crippen molar-refractivity contribution in [3.8, 4) is 11.5 Å². The van der Waals surface area contributed by atoms with Crippen molar-refractivity contribution in [2.45, 2.75) is 6.92 Å². The summed E-state index contributed by atoms with van der Waals surface area (Å²) in [6, 6.07) is 16.8. The number of cyclic esters (lactones) is 1. The minimum Gasteiger partial charge on any atom is -0.493 e. The number of methoxy groups -OCH3 is 1. The van der Waals surface area contributed by atoms with Crippen molar-refractivity contribution in [3.05, 3.63) is 98.7 Å². The second-order valence-corrected chi connectivity index (χ2v) is 7.98. The van der Waals surface area contributed by atoms with E-state index in [1.807, 2.05) is 31.2 Å². The maximum Gasteiger partial charge on any atom is 0.363 e. The molecular weight excluding hydrogens is 465 g/mol. The van der Waals surface area contributed by atoms with Crippen LogP contribution in [0.1, 0.15) is 27.0 Å². The van der Waals surface area contributed by atoms with Crippen LogP contribution in [-0.2, 0) is 9.53 Å². The van der Waals surface area contributed by atoms with Gasteiger partial charge in [-0.1, -0.05) is 40.9 Å². The van der Waals surface area contributed by atoms with E-state index in [2.05, 4.69) is 4.99 Å². The molecule has 0 radical (unpaired) electrons. The number of nitrogens with zero attached hydrogens (tertiary/aromatic N) is 1. The highest BCUT2D eigenvalue weighted by atomic mass is 35.5. The van der Waals surface area contributed by atoms with Crippen molar-refractivity contribution in [1.29, 1.82) is 0 Å². The van der Waals surface area contributed by atoms with E-state index in [1.165, 1.54) is 19.3 Å². The van der Waals surface area contributed by atoms with Crippen LogP contribution in [0.4, 0.5) is 0 Å². The van der Waals surface area contributed by atoms with Gasteiger partial charge in [0.15, 0.2) is 17.2 Å². The summed E-state index contributed by atoms with van der Waals surface area (Å²) in [5.41, 5.74) is 2.70. The number of aliphatic imine (C=N–C) groups is 1. The monoisotopic (exact) mass is 481 g/mol. The summed E-state index contributed by atoms with van der Waals surface area (Å²) in [7, 11) is 1.42. The van der Waals surface area contributed by atoms with E-state index in [4.69, 9.17) is 37.4 Å². The van der Waals surface area contributed by atoms with Gasteiger partial charge in [0.05, 0.1) is 17.7 Å². The van der Waals surface area contributed by atoms with Crippen LogP contribution in [0.5, 0.6) is 11.5 Å². The van der Waals surface area contributed by atoms with E-state index >= 15 is 0 Å². The number of aryl methyl sites for hydroxylation is 1. The van der Waals surface area contributed by atoms with E-state index in [9.17, 15) is 9.59 Å². The lowest BCUT2D eigenvalue weighted by Gasteiger charge is -2.12. The summed E-state index contributed by atoms with van der Waals surface area (Å²) in [5, 5.41) is 0.621. The Morgan fingerprint density at radius 1 is 1.03 bits per heavy atom. The van der Waals surface area contributed by atoms with Crippen LogP contribution in [0.3, 0.4) is 0 Å². The first kappa shape index (κ1) is 22.6. The number of halogens is 2. The fourth-order valence-electron chi connectivity index (χ4n) is 3.05. The molecule has 0 spiro atoms. The highest BCUT2D eigenvalue weighted by Gasteiger charge is 2.25. The van der Waals surface area contributed by atoms with Gasteiger partial charge in [0, 0.05) is 10.6 Å². The molecule has 1 heterocycles. The molecule has 0 unspecified atom stereocenters. The van der Waals surface area contributed by atoms with Gasteiger partial charge in [-0.05, 0) is 67.1 Å². The third kappa shape index (κ3) is 5.08. The van der Waals surface area contributed by atoms with E-state index < -0.39 is 11.9 Å². The molecule has 0 saturated carbocycles. The van der Waals surface area contributed by atoms with Crippen LogP contribution in [0.25, 0.3) is 6.08 Å². The molecule has 6 nitrogen and oxygen atoms in total. The lowest BCUT2D eigenvalue weighted by molar-refractivity contribution is -0.129. The molecular formula is C25H17Cl2NO5. The van der Waals surface area contributed by atoms with E-state index in [-0.39, 0.29) is 28.1 Å². The predicted octanol–water partition coefficient (Wildman–Crippen LogP) is 5.87. The van der Waals surface area contributed by atoms with E-state index in [0.717, 1.165) is 5.56 Å². The third-order valence-corrected chi connectivity index (χ3v) is 5.28. The molecule has 166 valence electrons. The quantitative estimate of drug-likeness (QED) is 0.258. The van der Waals surface area contributed by atoms with Gasteiger partial charge in [0.25, 0.3) is 0 Å². The molecule has 8 heteroatoms. The summed E-state index contributed by atoms with van der Waals surface area (Å²) >= 11 is 12.2. The Balaban J connectivity index is 1.61. The summed E-state index contributed by atoms with van der Waals surface area (Å²) in [6.07, 6.45) is 1.52. The maximum atomic E-state index is 12.5. The smallest absolute Gasteiger partial charge is 0.363 e. The Morgan fingerprint density at radius 3 is 2.39 bits per heavy atom. The van der Waals surface area contributed by atoms with Crippen LogP contribution < -0.4 is 9.47 Å². The molecule has 3 aromatic rings. The molecule has 0 fully saturated rings. The molecule has 0 atom stereocenters. The number of hydrogen-bond donors (Lipinski definition) is 0. The molecule has 0 amide bonds. The van der Waals surface area contributed by atoms with Crippen LogP contribution >= 0.6 is 23.2 Å². The van der Waals surface area contributed by atoms with Crippen molar-refractivity contribution in [1.82, 2.24) is 0 Å². The molecule has 0 aliphatic carbocycles. The average molecular weight is 482 g/mol. The first-order valence-corrected chi connectivity index (χ1v) is 10.5. The number of benzene rings is 3. The first-order valence-electron chi connectivity index (χ1n) is 9.79. The van der Waals surface area contributed by atoms with Crippen LogP contribution in [0.2, 0.25) is 10.0 Å². The molecule has 3 aromatic carbocycles. The molecule has 0 saturated heterocycles. The summed E-state index contributed by atoms with van der Waals surface area (Å²) in [6.45, 7) is 1.96. The van der Waals surface area contributed by atoms with Crippen LogP contribution in [-0.4, -0.2) is 24.9 Å². The lowest BCUT2D eigenvalue weighted by Crippen LogP contribution is -2.09. The predicted molar refractivity (Wildman–Crippen MR) is 126 cm³/mol. The first-order chi connectivity index (χ1) is 15.8. The summed E-state index contributed by atoms with van der Waals surface area (Å²) in [5.74, 6) is -0.716. The molecule has 0 N–H and O–H groups in total. The standard InChI is InChI=1S/C25H17Cl2NO5/c1-14-3-5-16(6-4-14)23-28-20(25(30)33-23)12-15-11-19(27)22(21(13-15)31-2)32-24(29)17-7-9-18(26)10-8-17/h3-13H,1-2H3/b20-12-. The molecule has 1 aliphatic rings. The van der Waals surface area contributed by atoms with Gasteiger partial charge >= 0.3 is 11.9 Å². The normalized spacial score (nSPS) is 14.1. The largest absolute Gasteiger partial charge is 0.493 e. The molecule has 0 bridgehead atoms. The fourth-order valence-corrected chi connectivity index (χ4v) is 3.43. The third-order valence-electron chi connectivity index (χ3n) is 4.75. The van der Waals surface area contributed by atoms with Gasteiger partial charge in [0.1, 0.15) is 0 Å². The number of carbonyl (C=O) groups is 2. The molecule has 0 aromatic heterocycles. The van der Waals surface area contributed by atoms with E-state index in [1.54, 1.807) is 30.3 Å². The summed E-state index contributed by atoms with van der Waals surface area (Å²) < 4.78 is 16.1. The van der Waals surface area contributed by atoms with Crippen LogP contribution in [0, 0.1) is 6.92 Å². The zero-order valence-corrected chi connectivity index (χ0v) is 19.1. The second-order valence-electron chi connectivity index (χ2n) is 7.13. The molecule has 33 heavy (non-hydrogen) atoms. The maximum absolute atomic E-state index is 12.5. The zero-order valence-electron chi connectivity index (χ0n) is 17.6. The van der Waals surface area contributed by atoms with Crippen molar-refractivity contribution in [2.75, 3.05) is 7.11 Å². The SMILES string of the molecule is COc1cc(/C=C2\N=C(c3ccc(C)cc3)OC2=O)cc(Cl)c1OC(=O)c1ccc(Cl)cc1. The van der Waals surface area contributed by atoms with Crippen molar-refractivity contribution in [3.63, 3.8) is 0 Å². The molecule has 4 rings (SSSR count). The Bertz CT molecular complexity index is 1300. The Labute approximate surface area is 200 Å². The Morgan fingerprint density at radius 2 is 1.73 bits per heavy atom. The van der Waals surface area contributed by atoms with E-state index in [0.29, 0.717) is 21.7 Å². The highest BCUT2D eigenvalue weighted by molar-refractivity contribution is 6.32. The summed E-state index contributed by atoms with van der Waals surface area (Å²) in [4.78, 5) is 29.1. The van der Waals surface area contributed by atoms with Gasteiger partial charge in [0.2, 0.25) is 5.90 Å². The number of hydrogen-bond acceptors (Lipinski definition) is 6. The topological polar surface area (TPSA) is 74.2 Å². The zero-order chi connectivity index (χ0) is 23.5. The minimum atomic E-state index is -0.621. The highest BCUT2D eigenvalue weighted by Crippen LogP contribution is 2.38. The minimum absolute atomic E-state index is 0.0547.